The second-order valence-electron chi connectivity index (χ2n) is 4.84. The standard InChI is InChI=1S/C15H19N3O3/c1-2-8-16-15(21)17-9-5-10-18-13(19)11-6-3-4-7-12(11)14(18)20/h3-4,6-7H,2,5,8-10H2,1H3,(H2,16,17,21). The third kappa shape index (κ3) is 3.39. The highest BCUT2D eigenvalue weighted by Crippen LogP contribution is 2.22. The Labute approximate surface area is 123 Å². The maximum absolute atomic E-state index is 12.1. The lowest BCUT2D eigenvalue weighted by atomic mass is 10.1. The number of nitrogens with zero attached hydrogens (tertiary/aromatic N) is 1. The van der Waals surface area contributed by atoms with Crippen LogP contribution in [-0.4, -0.2) is 42.4 Å². The summed E-state index contributed by atoms with van der Waals surface area (Å²) in [5.41, 5.74) is 0.910. The van der Waals surface area contributed by atoms with Gasteiger partial charge in [-0.15, -0.1) is 0 Å². The molecule has 0 aliphatic carbocycles. The molecule has 1 aromatic carbocycles. The number of hydrogen-bond donors (Lipinski definition) is 2. The highest BCUT2D eigenvalue weighted by molar-refractivity contribution is 6.21. The van der Waals surface area contributed by atoms with E-state index in [1.165, 1.54) is 4.90 Å². The fourth-order valence-corrected chi connectivity index (χ4v) is 2.18. The van der Waals surface area contributed by atoms with Gasteiger partial charge in [-0.3, -0.25) is 14.5 Å². The normalized spacial score (nSPS) is 13.3. The molecule has 0 unspecified atom stereocenters. The van der Waals surface area contributed by atoms with E-state index in [2.05, 4.69) is 10.6 Å². The van der Waals surface area contributed by atoms with Gasteiger partial charge >= 0.3 is 6.03 Å². The number of urea groups is 1. The lowest BCUT2D eigenvalue weighted by Gasteiger charge is -2.14. The first-order valence-corrected chi connectivity index (χ1v) is 7.12. The molecule has 4 amide bonds. The molecule has 21 heavy (non-hydrogen) atoms. The molecule has 1 aliphatic heterocycles. The number of fused-ring (bicyclic) bond motifs is 1. The van der Waals surface area contributed by atoms with Gasteiger partial charge in [-0.25, -0.2) is 4.79 Å². The number of carbonyl (C=O) groups is 3. The number of carbonyl (C=O) groups excluding carboxylic acids is 3. The summed E-state index contributed by atoms with van der Waals surface area (Å²) in [6.45, 7) is 3.33. The summed E-state index contributed by atoms with van der Waals surface area (Å²) in [5.74, 6) is -0.517. The third-order valence-corrected chi connectivity index (χ3v) is 3.26. The zero-order valence-electron chi connectivity index (χ0n) is 12.0. The van der Waals surface area contributed by atoms with Gasteiger partial charge in [0, 0.05) is 19.6 Å². The number of hydrogen-bond acceptors (Lipinski definition) is 3. The van der Waals surface area contributed by atoms with Crippen molar-refractivity contribution in [1.29, 1.82) is 0 Å². The first-order valence-electron chi connectivity index (χ1n) is 7.12. The molecule has 0 aromatic heterocycles. The molecule has 0 spiro atoms. The minimum Gasteiger partial charge on any atom is -0.338 e. The Balaban J connectivity index is 1.79. The molecule has 112 valence electrons. The summed E-state index contributed by atoms with van der Waals surface area (Å²) in [7, 11) is 0. The van der Waals surface area contributed by atoms with Crippen LogP contribution in [0.25, 0.3) is 0 Å². The van der Waals surface area contributed by atoms with Crippen LogP contribution in [0.2, 0.25) is 0 Å². The zero-order valence-corrected chi connectivity index (χ0v) is 12.0. The van der Waals surface area contributed by atoms with Crippen LogP contribution >= 0.6 is 0 Å². The Hall–Kier alpha value is -2.37. The smallest absolute Gasteiger partial charge is 0.314 e. The van der Waals surface area contributed by atoms with Crippen molar-refractivity contribution in [2.24, 2.45) is 0 Å². The first kappa shape index (κ1) is 15.0. The number of imide groups is 1. The molecule has 0 radical (unpaired) electrons. The highest BCUT2D eigenvalue weighted by atomic mass is 16.2. The van der Waals surface area contributed by atoms with E-state index in [4.69, 9.17) is 0 Å². The van der Waals surface area contributed by atoms with Crippen LogP contribution < -0.4 is 10.6 Å². The van der Waals surface area contributed by atoms with Gasteiger partial charge in [0.05, 0.1) is 11.1 Å². The van der Waals surface area contributed by atoms with Crippen LogP contribution in [0.3, 0.4) is 0 Å². The van der Waals surface area contributed by atoms with E-state index in [9.17, 15) is 14.4 Å². The summed E-state index contributed by atoms with van der Waals surface area (Å²) in [6, 6.07) is 6.58. The predicted molar refractivity (Wildman–Crippen MR) is 78.1 cm³/mol. The van der Waals surface area contributed by atoms with Crippen LogP contribution in [0.5, 0.6) is 0 Å². The van der Waals surface area contributed by atoms with Crippen molar-refractivity contribution in [1.82, 2.24) is 15.5 Å². The molecule has 0 saturated carbocycles. The number of benzene rings is 1. The SMILES string of the molecule is CCCNC(=O)NCCCN1C(=O)c2ccccc2C1=O. The quantitative estimate of drug-likeness (QED) is 0.613. The molecule has 2 rings (SSSR count). The van der Waals surface area contributed by atoms with Gasteiger partial charge in [-0.2, -0.15) is 0 Å². The van der Waals surface area contributed by atoms with E-state index in [1.807, 2.05) is 6.92 Å². The predicted octanol–water partition coefficient (Wildman–Crippen LogP) is 1.38. The number of nitrogens with one attached hydrogen (secondary N) is 2. The van der Waals surface area contributed by atoms with Crippen molar-refractivity contribution in [2.75, 3.05) is 19.6 Å². The van der Waals surface area contributed by atoms with Crippen LogP contribution in [0.15, 0.2) is 24.3 Å². The number of amides is 4. The van der Waals surface area contributed by atoms with Crippen molar-refractivity contribution in [3.63, 3.8) is 0 Å². The minimum absolute atomic E-state index is 0.223. The summed E-state index contributed by atoms with van der Waals surface area (Å²) >= 11 is 0. The molecule has 0 atom stereocenters. The lowest BCUT2D eigenvalue weighted by Crippen LogP contribution is -2.38. The zero-order chi connectivity index (χ0) is 15.2. The monoisotopic (exact) mass is 289 g/mol. The topological polar surface area (TPSA) is 78.5 Å². The Morgan fingerprint density at radius 2 is 1.62 bits per heavy atom. The van der Waals surface area contributed by atoms with Crippen LogP contribution in [0, 0.1) is 0 Å². The van der Waals surface area contributed by atoms with E-state index in [-0.39, 0.29) is 17.8 Å². The molecule has 2 N–H and O–H groups in total. The molecule has 0 saturated heterocycles. The average molecular weight is 289 g/mol. The van der Waals surface area contributed by atoms with E-state index >= 15 is 0 Å². The molecule has 0 fully saturated rings. The Morgan fingerprint density at radius 3 is 2.19 bits per heavy atom. The van der Waals surface area contributed by atoms with Gasteiger partial charge in [0.1, 0.15) is 0 Å². The first-order chi connectivity index (χ1) is 10.1. The summed E-state index contributed by atoms with van der Waals surface area (Å²) < 4.78 is 0. The Kier molecular flexibility index (Phi) is 4.92. The molecule has 6 heteroatoms. The fraction of sp³-hybridized carbons (Fsp3) is 0.400. The van der Waals surface area contributed by atoms with Gasteiger partial charge in [-0.05, 0) is 25.0 Å². The van der Waals surface area contributed by atoms with E-state index in [0.29, 0.717) is 37.2 Å². The van der Waals surface area contributed by atoms with Gasteiger partial charge in [-0.1, -0.05) is 19.1 Å². The van der Waals surface area contributed by atoms with Crippen molar-refractivity contribution in [3.8, 4) is 0 Å². The van der Waals surface area contributed by atoms with E-state index in [0.717, 1.165) is 6.42 Å². The van der Waals surface area contributed by atoms with Gasteiger partial charge in [0.2, 0.25) is 0 Å². The highest BCUT2D eigenvalue weighted by Gasteiger charge is 2.34. The van der Waals surface area contributed by atoms with Crippen LogP contribution in [-0.2, 0) is 0 Å². The summed E-state index contributed by atoms with van der Waals surface area (Å²) in [4.78, 5) is 36.7. The minimum atomic E-state index is -0.258. The number of rotatable bonds is 6. The molecule has 1 aliphatic rings. The maximum Gasteiger partial charge on any atom is 0.314 e. The average Bonchev–Trinajstić information content (AvgIpc) is 2.74. The molecule has 1 heterocycles. The van der Waals surface area contributed by atoms with Gasteiger partial charge in [0.15, 0.2) is 0 Å². The van der Waals surface area contributed by atoms with Crippen molar-refractivity contribution in [3.05, 3.63) is 35.4 Å². The Morgan fingerprint density at radius 1 is 1.05 bits per heavy atom. The van der Waals surface area contributed by atoms with Crippen molar-refractivity contribution < 1.29 is 14.4 Å². The summed E-state index contributed by atoms with van der Waals surface area (Å²) in [5, 5.41) is 5.39. The maximum atomic E-state index is 12.1. The summed E-state index contributed by atoms with van der Waals surface area (Å²) in [6.07, 6.45) is 1.41. The van der Waals surface area contributed by atoms with Gasteiger partial charge < -0.3 is 10.6 Å². The largest absolute Gasteiger partial charge is 0.338 e. The second kappa shape index (κ2) is 6.88. The van der Waals surface area contributed by atoms with Crippen molar-refractivity contribution >= 4 is 17.8 Å². The van der Waals surface area contributed by atoms with E-state index in [1.54, 1.807) is 24.3 Å². The molecule has 0 bridgehead atoms. The van der Waals surface area contributed by atoms with Crippen molar-refractivity contribution in [2.45, 2.75) is 19.8 Å². The Bertz CT molecular complexity index is 522. The van der Waals surface area contributed by atoms with Gasteiger partial charge in [0.25, 0.3) is 11.8 Å². The second-order valence-corrected chi connectivity index (χ2v) is 4.84. The van der Waals surface area contributed by atoms with Crippen LogP contribution in [0.1, 0.15) is 40.5 Å². The molecular formula is C15H19N3O3. The lowest BCUT2D eigenvalue weighted by molar-refractivity contribution is 0.0653. The fourth-order valence-electron chi connectivity index (χ4n) is 2.18. The molecular weight excluding hydrogens is 270 g/mol. The molecule has 1 aromatic rings. The van der Waals surface area contributed by atoms with E-state index < -0.39 is 0 Å². The molecule has 6 nitrogen and oxygen atoms in total. The third-order valence-electron chi connectivity index (χ3n) is 3.26. The van der Waals surface area contributed by atoms with Crippen LogP contribution in [0.4, 0.5) is 4.79 Å².